The molecule has 1 heterocycles. The minimum atomic E-state index is -0.511. The number of benzene rings is 3. The number of anilines is 1. The fourth-order valence-electron chi connectivity index (χ4n) is 4.03. The van der Waals surface area contributed by atoms with Gasteiger partial charge in [0, 0.05) is 38.4 Å². The Morgan fingerprint density at radius 1 is 0.700 bits per heavy atom. The zero-order valence-corrected chi connectivity index (χ0v) is 17.3. The second kappa shape index (κ2) is 10.4. The largest absolute Gasteiger partial charge is 0.389 e. The molecule has 1 aliphatic rings. The Hall–Kier alpha value is -2.66. The van der Waals surface area contributed by atoms with Crippen molar-refractivity contribution in [2.75, 3.05) is 44.2 Å². The summed E-state index contributed by atoms with van der Waals surface area (Å²) >= 11 is 0. The molecule has 0 unspecified atom stereocenters. The maximum absolute atomic E-state index is 10.6. The van der Waals surface area contributed by atoms with Crippen LogP contribution < -0.4 is 4.90 Å². The van der Waals surface area contributed by atoms with Crippen LogP contribution in [0.1, 0.15) is 17.2 Å². The van der Waals surface area contributed by atoms with Gasteiger partial charge in [-0.3, -0.25) is 4.90 Å². The summed E-state index contributed by atoms with van der Waals surface area (Å²) in [5, 5.41) is 10.6. The van der Waals surface area contributed by atoms with Gasteiger partial charge in [0.05, 0.1) is 12.7 Å². The van der Waals surface area contributed by atoms with E-state index in [1.165, 1.54) is 5.69 Å². The normalized spacial score (nSPS) is 16.0. The van der Waals surface area contributed by atoms with Crippen molar-refractivity contribution in [3.8, 4) is 0 Å². The predicted octanol–water partition coefficient (Wildman–Crippen LogP) is 3.98. The van der Waals surface area contributed by atoms with Gasteiger partial charge in [0.25, 0.3) is 0 Å². The lowest BCUT2D eigenvalue weighted by molar-refractivity contribution is -0.00893. The number of ether oxygens (including phenoxy) is 1. The Morgan fingerprint density at radius 2 is 1.20 bits per heavy atom. The van der Waals surface area contributed by atoms with Gasteiger partial charge in [-0.25, -0.2) is 0 Å². The number of β-amino-alcohol motifs (C(OH)–C–C–N with tert-alkyl or cyclic N) is 1. The van der Waals surface area contributed by atoms with Gasteiger partial charge < -0.3 is 14.7 Å². The minimum absolute atomic E-state index is 0.169. The van der Waals surface area contributed by atoms with E-state index in [1.807, 2.05) is 42.5 Å². The first kappa shape index (κ1) is 20.6. The average Bonchev–Trinajstić information content (AvgIpc) is 2.82. The Kier molecular flexibility index (Phi) is 7.14. The van der Waals surface area contributed by atoms with Crippen LogP contribution in [0.3, 0.4) is 0 Å². The third kappa shape index (κ3) is 5.48. The van der Waals surface area contributed by atoms with Crippen LogP contribution >= 0.6 is 0 Å². The molecule has 1 N–H and O–H groups in total. The third-order valence-electron chi connectivity index (χ3n) is 5.62. The van der Waals surface area contributed by atoms with E-state index in [0.717, 1.165) is 37.3 Å². The summed E-state index contributed by atoms with van der Waals surface area (Å²) < 4.78 is 6.22. The molecule has 1 aliphatic heterocycles. The zero-order chi connectivity index (χ0) is 20.6. The van der Waals surface area contributed by atoms with Crippen LogP contribution in [0.5, 0.6) is 0 Å². The van der Waals surface area contributed by atoms with Crippen LogP contribution in [-0.4, -0.2) is 55.4 Å². The fraction of sp³-hybridized carbons (Fsp3) is 0.308. The van der Waals surface area contributed by atoms with Crippen LogP contribution in [0.4, 0.5) is 5.69 Å². The summed E-state index contributed by atoms with van der Waals surface area (Å²) in [7, 11) is 0. The summed E-state index contributed by atoms with van der Waals surface area (Å²) in [4.78, 5) is 4.73. The van der Waals surface area contributed by atoms with Crippen LogP contribution in [0.15, 0.2) is 91.0 Å². The van der Waals surface area contributed by atoms with Gasteiger partial charge in [-0.2, -0.15) is 0 Å². The van der Waals surface area contributed by atoms with Crippen LogP contribution in [0, 0.1) is 0 Å². The fourth-order valence-corrected chi connectivity index (χ4v) is 4.03. The summed E-state index contributed by atoms with van der Waals surface area (Å²) in [6.07, 6.45) is -0.680. The summed E-state index contributed by atoms with van der Waals surface area (Å²) in [6, 6.07) is 31.0. The Labute approximate surface area is 179 Å². The van der Waals surface area contributed by atoms with Crippen molar-refractivity contribution in [1.82, 2.24) is 4.90 Å². The van der Waals surface area contributed by atoms with Crippen molar-refractivity contribution < 1.29 is 9.84 Å². The molecule has 1 fully saturated rings. The average molecular weight is 403 g/mol. The molecule has 0 spiro atoms. The van der Waals surface area contributed by atoms with Crippen molar-refractivity contribution >= 4 is 5.69 Å². The molecule has 1 saturated heterocycles. The number of piperazine rings is 1. The molecule has 4 nitrogen and oxygen atoms in total. The highest BCUT2D eigenvalue weighted by Crippen LogP contribution is 2.26. The van der Waals surface area contributed by atoms with Crippen LogP contribution in [0.25, 0.3) is 0 Å². The maximum atomic E-state index is 10.6. The highest BCUT2D eigenvalue weighted by Gasteiger charge is 2.21. The van der Waals surface area contributed by atoms with Gasteiger partial charge in [0.2, 0.25) is 0 Å². The van der Waals surface area contributed by atoms with Crippen molar-refractivity contribution in [2.45, 2.75) is 12.2 Å². The van der Waals surface area contributed by atoms with Gasteiger partial charge in [0.1, 0.15) is 6.10 Å². The number of aliphatic hydroxyl groups excluding tert-OH is 1. The molecule has 3 aromatic rings. The number of aliphatic hydroxyl groups is 1. The second-order valence-corrected chi connectivity index (χ2v) is 7.81. The minimum Gasteiger partial charge on any atom is -0.389 e. The van der Waals surface area contributed by atoms with E-state index in [0.29, 0.717) is 13.2 Å². The van der Waals surface area contributed by atoms with Crippen LogP contribution in [0.2, 0.25) is 0 Å². The highest BCUT2D eigenvalue weighted by atomic mass is 16.5. The van der Waals surface area contributed by atoms with E-state index in [4.69, 9.17) is 4.74 Å². The van der Waals surface area contributed by atoms with Crippen molar-refractivity contribution in [2.24, 2.45) is 0 Å². The van der Waals surface area contributed by atoms with Gasteiger partial charge in [-0.15, -0.1) is 0 Å². The molecule has 156 valence electrons. The molecule has 0 radical (unpaired) electrons. The Balaban J connectivity index is 1.30. The SMILES string of the molecule is O[C@@H](COC(c1ccccc1)c1ccccc1)CN1CCN(c2ccccc2)CC1. The number of para-hydroxylation sites is 1. The van der Waals surface area contributed by atoms with Gasteiger partial charge in [0.15, 0.2) is 0 Å². The molecule has 0 saturated carbocycles. The lowest BCUT2D eigenvalue weighted by atomic mass is 10.0. The second-order valence-electron chi connectivity index (χ2n) is 7.81. The molecular formula is C26H30N2O2. The zero-order valence-electron chi connectivity index (χ0n) is 17.3. The van der Waals surface area contributed by atoms with E-state index < -0.39 is 6.10 Å². The van der Waals surface area contributed by atoms with Gasteiger partial charge >= 0.3 is 0 Å². The summed E-state index contributed by atoms with van der Waals surface area (Å²) in [5.74, 6) is 0. The van der Waals surface area contributed by atoms with E-state index in [-0.39, 0.29) is 6.10 Å². The van der Waals surface area contributed by atoms with Crippen molar-refractivity contribution in [1.29, 1.82) is 0 Å². The molecule has 4 heteroatoms. The molecule has 0 amide bonds. The quantitative estimate of drug-likeness (QED) is 0.618. The van der Waals surface area contributed by atoms with E-state index in [2.05, 4.69) is 58.3 Å². The highest BCUT2D eigenvalue weighted by molar-refractivity contribution is 5.46. The monoisotopic (exact) mass is 402 g/mol. The van der Waals surface area contributed by atoms with Gasteiger partial charge in [-0.05, 0) is 23.3 Å². The van der Waals surface area contributed by atoms with Crippen LogP contribution in [-0.2, 0) is 4.74 Å². The summed E-state index contributed by atoms with van der Waals surface area (Å²) in [5.41, 5.74) is 3.48. The predicted molar refractivity (Wildman–Crippen MR) is 122 cm³/mol. The number of nitrogens with zero attached hydrogens (tertiary/aromatic N) is 2. The summed E-state index contributed by atoms with van der Waals surface area (Å²) in [6.45, 7) is 4.81. The van der Waals surface area contributed by atoms with Crippen molar-refractivity contribution in [3.63, 3.8) is 0 Å². The van der Waals surface area contributed by atoms with E-state index >= 15 is 0 Å². The topological polar surface area (TPSA) is 35.9 Å². The molecule has 3 aromatic carbocycles. The lowest BCUT2D eigenvalue weighted by Gasteiger charge is -2.37. The number of hydrogen-bond acceptors (Lipinski definition) is 4. The Bertz CT molecular complexity index is 826. The van der Waals surface area contributed by atoms with E-state index in [1.54, 1.807) is 0 Å². The standard InChI is InChI=1S/C26H30N2O2/c29-25(20-27-16-18-28(19-17-27)24-14-8-3-9-15-24)21-30-26(22-10-4-1-5-11-22)23-12-6-2-7-13-23/h1-15,25-26,29H,16-21H2/t25-/m1/s1. The molecule has 30 heavy (non-hydrogen) atoms. The first-order valence-corrected chi connectivity index (χ1v) is 10.7. The first-order valence-electron chi connectivity index (χ1n) is 10.7. The molecule has 0 bridgehead atoms. The van der Waals surface area contributed by atoms with Crippen molar-refractivity contribution in [3.05, 3.63) is 102 Å². The molecule has 1 atom stereocenters. The maximum Gasteiger partial charge on any atom is 0.108 e. The molecular weight excluding hydrogens is 372 g/mol. The Morgan fingerprint density at radius 3 is 1.73 bits per heavy atom. The van der Waals surface area contributed by atoms with E-state index in [9.17, 15) is 5.11 Å². The molecule has 0 aliphatic carbocycles. The molecule has 0 aromatic heterocycles. The molecule has 4 rings (SSSR count). The number of rotatable bonds is 8. The first-order chi connectivity index (χ1) is 14.8. The number of hydrogen-bond donors (Lipinski definition) is 1. The lowest BCUT2D eigenvalue weighted by Crippen LogP contribution is -2.49. The third-order valence-corrected chi connectivity index (χ3v) is 5.62. The van der Waals surface area contributed by atoms with Gasteiger partial charge in [-0.1, -0.05) is 78.9 Å². The smallest absolute Gasteiger partial charge is 0.108 e.